The van der Waals surface area contributed by atoms with E-state index in [-0.39, 0.29) is 5.78 Å². The minimum atomic E-state index is -0.168. The molecule has 4 rings (SSSR count). The van der Waals surface area contributed by atoms with Crippen LogP contribution >= 0.6 is 23.6 Å². The van der Waals surface area contributed by atoms with Gasteiger partial charge in [0.25, 0.3) is 0 Å². The zero-order chi connectivity index (χ0) is 16.1. The largest absolute Gasteiger partial charge is 0.285 e. The summed E-state index contributed by atoms with van der Waals surface area (Å²) in [4.78, 5) is 19.4. The standard InChI is InChI=1S/C16H12N4OS2/c1-8-9(2)23-15-11(8)13-18-19-16(22)20(13)14(17-15)12(21)10-6-4-3-5-7-10/h3-7H,1-2H3,(H,19,22). The van der Waals surface area contributed by atoms with Crippen LogP contribution in [0, 0.1) is 18.6 Å². The SMILES string of the molecule is Cc1sc2nc(C(=O)c3ccccc3)n3c(=S)[nH]nc3c2c1C. The molecule has 0 bridgehead atoms. The number of thiophene rings is 1. The summed E-state index contributed by atoms with van der Waals surface area (Å²) in [6, 6.07) is 9.08. The van der Waals surface area contributed by atoms with Crippen molar-refractivity contribution in [1.29, 1.82) is 0 Å². The molecule has 0 radical (unpaired) electrons. The van der Waals surface area contributed by atoms with Gasteiger partial charge in [-0.3, -0.25) is 9.89 Å². The molecule has 0 spiro atoms. The molecule has 0 unspecified atom stereocenters. The lowest BCUT2D eigenvalue weighted by atomic mass is 10.1. The van der Waals surface area contributed by atoms with E-state index in [1.165, 1.54) is 0 Å². The number of aromatic amines is 1. The first-order chi connectivity index (χ1) is 11.1. The second kappa shape index (κ2) is 5.07. The summed E-state index contributed by atoms with van der Waals surface area (Å²) in [5.74, 6) is 0.123. The normalized spacial score (nSPS) is 11.4. The highest BCUT2D eigenvalue weighted by Crippen LogP contribution is 2.32. The van der Waals surface area contributed by atoms with E-state index in [1.807, 2.05) is 32.0 Å². The van der Waals surface area contributed by atoms with Gasteiger partial charge in [0, 0.05) is 10.4 Å². The van der Waals surface area contributed by atoms with Crippen molar-refractivity contribution >= 4 is 45.2 Å². The van der Waals surface area contributed by atoms with Crippen molar-refractivity contribution in [2.45, 2.75) is 13.8 Å². The highest BCUT2D eigenvalue weighted by atomic mass is 32.1. The van der Waals surface area contributed by atoms with E-state index in [0.29, 0.717) is 21.8 Å². The fourth-order valence-electron chi connectivity index (χ4n) is 2.63. The molecule has 1 N–H and O–H groups in total. The molecule has 0 saturated heterocycles. The molecule has 0 aliphatic rings. The van der Waals surface area contributed by atoms with Gasteiger partial charge >= 0.3 is 0 Å². The molecule has 0 fully saturated rings. The van der Waals surface area contributed by atoms with Crippen LogP contribution in [-0.2, 0) is 0 Å². The Morgan fingerprint density at radius 2 is 2.00 bits per heavy atom. The molecular weight excluding hydrogens is 328 g/mol. The Morgan fingerprint density at radius 1 is 1.26 bits per heavy atom. The van der Waals surface area contributed by atoms with Crippen LogP contribution in [0.5, 0.6) is 0 Å². The monoisotopic (exact) mass is 340 g/mol. The Kier molecular flexibility index (Phi) is 3.14. The Balaban J connectivity index is 2.12. The van der Waals surface area contributed by atoms with Crippen molar-refractivity contribution < 1.29 is 4.79 Å². The Hall–Kier alpha value is -2.38. The highest BCUT2D eigenvalue weighted by molar-refractivity contribution is 7.71. The molecule has 114 valence electrons. The molecule has 1 aromatic carbocycles. The zero-order valence-corrected chi connectivity index (χ0v) is 14.1. The number of ketones is 1. The average molecular weight is 340 g/mol. The van der Waals surface area contributed by atoms with Crippen molar-refractivity contribution in [2.24, 2.45) is 0 Å². The second-order valence-electron chi connectivity index (χ2n) is 5.28. The third-order valence-electron chi connectivity index (χ3n) is 3.92. The lowest BCUT2D eigenvalue weighted by molar-refractivity contribution is 0.102. The van der Waals surface area contributed by atoms with Gasteiger partial charge in [0.1, 0.15) is 4.83 Å². The minimum absolute atomic E-state index is 0.168. The van der Waals surface area contributed by atoms with Gasteiger partial charge in [-0.1, -0.05) is 30.3 Å². The van der Waals surface area contributed by atoms with E-state index < -0.39 is 0 Å². The van der Waals surface area contributed by atoms with Gasteiger partial charge in [0.2, 0.25) is 10.6 Å². The molecular formula is C16H12N4OS2. The third-order valence-corrected chi connectivity index (χ3v) is 5.30. The quantitative estimate of drug-likeness (QED) is 0.445. The van der Waals surface area contributed by atoms with Gasteiger partial charge in [-0.05, 0) is 31.6 Å². The van der Waals surface area contributed by atoms with Gasteiger partial charge in [-0.25, -0.2) is 9.38 Å². The van der Waals surface area contributed by atoms with Gasteiger partial charge < -0.3 is 0 Å². The van der Waals surface area contributed by atoms with Gasteiger partial charge in [0.05, 0.1) is 5.39 Å². The zero-order valence-electron chi connectivity index (χ0n) is 12.5. The van der Waals surface area contributed by atoms with Gasteiger partial charge in [-0.2, -0.15) is 5.10 Å². The maximum atomic E-state index is 12.9. The second-order valence-corrected chi connectivity index (χ2v) is 6.87. The van der Waals surface area contributed by atoms with Crippen molar-refractivity contribution in [3.05, 3.63) is 56.9 Å². The summed E-state index contributed by atoms with van der Waals surface area (Å²) in [5.41, 5.74) is 2.35. The first kappa shape index (κ1) is 14.2. The van der Waals surface area contributed by atoms with Crippen LogP contribution < -0.4 is 0 Å². The number of rotatable bonds is 2. The molecule has 0 amide bonds. The van der Waals surface area contributed by atoms with Crippen LogP contribution in [0.2, 0.25) is 0 Å². The maximum absolute atomic E-state index is 12.9. The lowest BCUT2D eigenvalue weighted by Crippen LogP contribution is -2.11. The number of fused-ring (bicyclic) bond motifs is 3. The first-order valence-corrected chi connectivity index (χ1v) is 8.27. The lowest BCUT2D eigenvalue weighted by Gasteiger charge is -2.05. The summed E-state index contributed by atoms with van der Waals surface area (Å²) in [6.07, 6.45) is 0. The summed E-state index contributed by atoms with van der Waals surface area (Å²) in [7, 11) is 0. The van der Waals surface area contributed by atoms with E-state index in [1.54, 1.807) is 27.9 Å². The summed E-state index contributed by atoms with van der Waals surface area (Å²) >= 11 is 6.88. The molecule has 4 aromatic rings. The topological polar surface area (TPSA) is 63.1 Å². The van der Waals surface area contributed by atoms with E-state index in [9.17, 15) is 4.79 Å². The van der Waals surface area contributed by atoms with Crippen LogP contribution in [0.25, 0.3) is 15.9 Å². The number of carbonyl (C=O) groups excluding carboxylic acids is 1. The summed E-state index contributed by atoms with van der Waals surface area (Å²) in [5, 5.41) is 8.05. The van der Waals surface area contributed by atoms with Crippen molar-refractivity contribution in [3.63, 3.8) is 0 Å². The maximum Gasteiger partial charge on any atom is 0.229 e. The van der Waals surface area contributed by atoms with Crippen molar-refractivity contribution in [2.75, 3.05) is 0 Å². The number of nitrogens with one attached hydrogen (secondary N) is 1. The Labute approximate surface area is 140 Å². The van der Waals surface area contributed by atoms with Crippen molar-refractivity contribution in [1.82, 2.24) is 19.6 Å². The van der Waals surface area contributed by atoms with E-state index in [4.69, 9.17) is 12.2 Å². The number of hydrogen-bond acceptors (Lipinski definition) is 5. The molecule has 0 atom stereocenters. The summed E-state index contributed by atoms with van der Waals surface area (Å²) < 4.78 is 2.00. The molecule has 3 aromatic heterocycles. The smallest absolute Gasteiger partial charge is 0.229 e. The minimum Gasteiger partial charge on any atom is -0.285 e. The fraction of sp³-hybridized carbons (Fsp3) is 0.125. The van der Waals surface area contributed by atoms with Crippen molar-refractivity contribution in [3.8, 4) is 0 Å². The van der Waals surface area contributed by atoms with Crippen LogP contribution in [0.15, 0.2) is 30.3 Å². The molecule has 0 aliphatic carbocycles. The molecule has 5 nitrogen and oxygen atoms in total. The predicted molar refractivity (Wildman–Crippen MR) is 92.9 cm³/mol. The van der Waals surface area contributed by atoms with Crippen LogP contribution in [0.4, 0.5) is 0 Å². The van der Waals surface area contributed by atoms with Gasteiger partial charge in [0.15, 0.2) is 11.5 Å². The van der Waals surface area contributed by atoms with E-state index in [2.05, 4.69) is 15.2 Å². The van der Waals surface area contributed by atoms with Crippen LogP contribution in [-0.4, -0.2) is 25.4 Å². The molecule has 3 heterocycles. The van der Waals surface area contributed by atoms with Gasteiger partial charge in [-0.15, -0.1) is 11.3 Å². The number of nitrogens with zero attached hydrogens (tertiary/aromatic N) is 3. The molecule has 0 saturated carbocycles. The number of carbonyl (C=O) groups is 1. The number of H-pyrrole nitrogens is 1. The predicted octanol–water partition coefficient (Wildman–Crippen LogP) is 3.85. The molecule has 0 aliphatic heterocycles. The summed E-state index contributed by atoms with van der Waals surface area (Å²) in [6.45, 7) is 4.07. The molecule has 7 heteroatoms. The molecule has 23 heavy (non-hydrogen) atoms. The fourth-order valence-corrected chi connectivity index (χ4v) is 3.87. The number of hydrogen-bond donors (Lipinski definition) is 1. The number of aryl methyl sites for hydroxylation is 2. The third kappa shape index (κ3) is 2.04. The average Bonchev–Trinajstić information content (AvgIpc) is 3.08. The first-order valence-electron chi connectivity index (χ1n) is 7.04. The Bertz CT molecular complexity index is 1120. The van der Waals surface area contributed by atoms with Crippen LogP contribution in [0.1, 0.15) is 26.6 Å². The van der Waals surface area contributed by atoms with Crippen LogP contribution in [0.3, 0.4) is 0 Å². The van der Waals surface area contributed by atoms with E-state index >= 15 is 0 Å². The number of benzene rings is 1. The highest BCUT2D eigenvalue weighted by Gasteiger charge is 2.21. The number of aromatic nitrogens is 4. The van der Waals surface area contributed by atoms with E-state index in [0.717, 1.165) is 20.7 Å². The Morgan fingerprint density at radius 3 is 2.74 bits per heavy atom.